The molecule has 3 fully saturated rings. The zero-order chi connectivity index (χ0) is 19.5. The first-order valence-corrected chi connectivity index (χ1v) is 10.1. The summed E-state index contributed by atoms with van der Waals surface area (Å²) in [6.07, 6.45) is 3.71. The van der Waals surface area contributed by atoms with Crippen molar-refractivity contribution in [2.75, 3.05) is 32.8 Å². The van der Waals surface area contributed by atoms with Crippen LogP contribution in [0.4, 0.5) is 0 Å². The molecule has 0 N–H and O–H groups in total. The number of amides is 2. The molecule has 0 radical (unpaired) electrons. The van der Waals surface area contributed by atoms with Gasteiger partial charge in [-0.25, -0.2) is 0 Å². The fraction of sp³-hybridized carbons (Fsp3) is 0.545. The Morgan fingerprint density at radius 1 is 1.21 bits per heavy atom. The number of hydrogen-bond acceptors (Lipinski definition) is 4. The van der Waals surface area contributed by atoms with E-state index in [-0.39, 0.29) is 17.9 Å². The zero-order valence-corrected chi connectivity index (χ0v) is 16.4. The Labute approximate surface area is 165 Å². The molecule has 2 bridgehead atoms. The molecule has 3 saturated heterocycles. The van der Waals surface area contributed by atoms with Gasteiger partial charge >= 0.3 is 0 Å². The van der Waals surface area contributed by atoms with E-state index < -0.39 is 17.4 Å². The number of rotatable bonds is 3. The molecule has 0 aliphatic carbocycles. The fourth-order valence-corrected chi connectivity index (χ4v) is 5.11. The van der Waals surface area contributed by atoms with E-state index in [2.05, 4.69) is 32.0 Å². The van der Waals surface area contributed by atoms with Crippen molar-refractivity contribution in [3.8, 4) is 0 Å². The molecule has 1 aromatic rings. The van der Waals surface area contributed by atoms with Gasteiger partial charge in [-0.3, -0.25) is 9.59 Å². The summed E-state index contributed by atoms with van der Waals surface area (Å²) in [4.78, 5) is 30.2. The van der Waals surface area contributed by atoms with E-state index in [1.54, 1.807) is 0 Å². The van der Waals surface area contributed by atoms with Crippen LogP contribution in [0.1, 0.15) is 16.7 Å². The van der Waals surface area contributed by atoms with Crippen molar-refractivity contribution in [2.45, 2.75) is 32.1 Å². The lowest BCUT2D eigenvalue weighted by Crippen LogP contribution is -2.49. The van der Waals surface area contributed by atoms with Crippen molar-refractivity contribution in [1.82, 2.24) is 9.80 Å². The summed E-state index contributed by atoms with van der Waals surface area (Å²) in [7, 11) is 0. The third-order valence-corrected chi connectivity index (χ3v) is 6.73. The number of likely N-dealkylation sites (tertiary alicyclic amines) is 1. The summed E-state index contributed by atoms with van der Waals surface area (Å²) in [5.41, 5.74) is 2.93. The van der Waals surface area contributed by atoms with E-state index in [1.165, 1.54) is 11.1 Å². The van der Waals surface area contributed by atoms with Gasteiger partial charge in [-0.05, 0) is 30.5 Å². The number of hydrogen-bond donors (Lipinski definition) is 0. The van der Waals surface area contributed by atoms with E-state index in [9.17, 15) is 9.59 Å². The fourth-order valence-electron chi connectivity index (χ4n) is 5.11. The molecular formula is C22H26N2O4. The van der Waals surface area contributed by atoms with Crippen LogP contribution < -0.4 is 0 Å². The Morgan fingerprint density at radius 3 is 2.75 bits per heavy atom. The van der Waals surface area contributed by atoms with Crippen LogP contribution in [-0.2, 0) is 25.6 Å². The lowest BCUT2D eigenvalue weighted by molar-refractivity contribution is -0.146. The van der Waals surface area contributed by atoms with E-state index in [4.69, 9.17) is 9.47 Å². The van der Waals surface area contributed by atoms with E-state index in [0.717, 1.165) is 5.56 Å². The summed E-state index contributed by atoms with van der Waals surface area (Å²) in [6.45, 7) is 7.54. The molecule has 148 valence electrons. The van der Waals surface area contributed by atoms with Crippen molar-refractivity contribution in [3.05, 3.63) is 47.0 Å². The SMILES string of the molecule is Cc1ccc(CN2C[C@]34C=C[C@H](O3)[C@@H](C(=O)N3CCOCC3)[C@@H]4C2=O)cc1C. The van der Waals surface area contributed by atoms with Crippen LogP contribution >= 0.6 is 0 Å². The Hall–Kier alpha value is -2.18. The molecule has 1 spiro atoms. The summed E-state index contributed by atoms with van der Waals surface area (Å²) in [5, 5.41) is 0. The van der Waals surface area contributed by atoms with Crippen LogP contribution in [0.15, 0.2) is 30.4 Å². The number of nitrogens with zero attached hydrogens (tertiary/aromatic N) is 2. The summed E-state index contributed by atoms with van der Waals surface area (Å²) >= 11 is 0. The van der Waals surface area contributed by atoms with Gasteiger partial charge in [0.25, 0.3) is 0 Å². The smallest absolute Gasteiger partial charge is 0.230 e. The largest absolute Gasteiger partial charge is 0.378 e. The van der Waals surface area contributed by atoms with Gasteiger partial charge in [-0.15, -0.1) is 0 Å². The van der Waals surface area contributed by atoms with Gasteiger partial charge in [0, 0.05) is 19.6 Å². The molecule has 0 unspecified atom stereocenters. The first-order valence-electron chi connectivity index (χ1n) is 10.1. The van der Waals surface area contributed by atoms with Crippen LogP contribution in [0.3, 0.4) is 0 Å². The molecule has 4 aliphatic heterocycles. The minimum Gasteiger partial charge on any atom is -0.378 e. The molecule has 5 rings (SSSR count). The normalized spacial score (nSPS) is 33.6. The second-order valence-electron chi connectivity index (χ2n) is 8.45. The highest BCUT2D eigenvalue weighted by molar-refractivity contribution is 5.93. The highest BCUT2D eigenvalue weighted by Crippen LogP contribution is 2.52. The molecule has 2 amide bonds. The molecule has 28 heavy (non-hydrogen) atoms. The van der Waals surface area contributed by atoms with Crippen LogP contribution in [0.25, 0.3) is 0 Å². The highest BCUT2D eigenvalue weighted by atomic mass is 16.5. The second kappa shape index (κ2) is 6.42. The summed E-state index contributed by atoms with van der Waals surface area (Å²) in [5.74, 6) is -0.757. The molecule has 0 saturated carbocycles. The standard InChI is InChI=1S/C22H26N2O4/c1-14-3-4-16(11-15(14)2)12-24-13-22-6-5-17(28-22)18(19(22)21(24)26)20(25)23-7-9-27-10-8-23/h3-6,11,17-19H,7-10,12-13H2,1-2H3/t17-,18+,19+,22-/m0/s1. The zero-order valence-electron chi connectivity index (χ0n) is 16.4. The summed E-state index contributed by atoms with van der Waals surface area (Å²) in [6, 6.07) is 6.31. The van der Waals surface area contributed by atoms with Gasteiger partial charge < -0.3 is 19.3 Å². The molecule has 6 nitrogen and oxygen atoms in total. The molecule has 4 heterocycles. The van der Waals surface area contributed by atoms with Crippen LogP contribution in [0.2, 0.25) is 0 Å². The van der Waals surface area contributed by atoms with E-state index in [0.29, 0.717) is 39.4 Å². The first-order chi connectivity index (χ1) is 13.5. The minimum absolute atomic E-state index is 0.0332. The maximum Gasteiger partial charge on any atom is 0.230 e. The monoisotopic (exact) mass is 382 g/mol. The van der Waals surface area contributed by atoms with E-state index in [1.807, 2.05) is 22.0 Å². The number of morpholine rings is 1. The third kappa shape index (κ3) is 2.62. The predicted octanol–water partition coefficient (Wildman–Crippen LogP) is 1.44. The third-order valence-electron chi connectivity index (χ3n) is 6.73. The Balaban J connectivity index is 1.39. The predicted molar refractivity (Wildman–Crippen MR) is 102 cm³/mol. The minimum atomic E-state index is -0.645. The lowest BCUT2D eigenvalue weighted by atomic mass is 9.76. The van der Waals surface area contributed by atoms with Crippen LogP contribution in [0.5, 0.6) is 0 Å². The maximum absolute atomic E-state index is 13.3. The molecule has 1 aromatic carbocycles. The van der Waals surface area contributed by atoms with Gasteiger partial charge in [-0.2, -0.15) is 0 Å². The summed E-state index contributed by atoms with van der Waals surface area (Å²) < 4.78 is 11.6. The molecule has 4 atom stereocenters. The lowest BCUT2D eigenvalue weighted by Gasteiger charge is -2.32. The van der Waals surface area contributed by atoms with Gasteiger partial charge in [0.15, 0.2) is 0 Å². The molecule has 4 aliphatic rings. The van der Waals surface area contributed by atoms with Gasteiger partial charge in [0.2, 0.25) is 11.8 Å². The van der Waals surface area contributed by atoms with Crippen LogP contribution in [0, 0.1) is 25.7 Å². The molecular weight excluding hydrogens is 356 g/mol. The van der Waals surface area contributed by atoms with Crippen LogP contribution in [-0.4, -0.2) is 66.2 Å². The quantitative estimate of drug-likeness (QED) is 0.743. The molecule has 0 aromatic heterocycles. The maximum atomic E-state index is 13.3. The number of aryl methyl sites for hydroxylation is 2. The average molecular weight is 382 g/mol. The molecule has 6 heteroatoms. The van der Waals surface area contributed by atoms with Gasteiger partial charge in [0.05, 0.1) is 37.7 Å². The van der Waals surface area contributed by atoms with Crippen molar-refractivity contribution in [3.63, 3.8) is 0 Å². The Morgan fingerprint density at radius 2 is 2.00 bits per heavy atom. The van der Waals surface area contributed by atoms with Crippen molar-refractivity contribution in [2.24, 2.45) is 11.8 Å². The topological polar surface area (TPSA) is 59.1 Å². The van der Waals surface area contributed by atoms with Crippen molar-refractivity contribution < 1.29 is 19.1 Å². The van der Waals surface area contributed by atoms with Gasteiger partial charge in [0.1, 0.15) is 5.60 Å². The number of fused-ring (bicyclic) bond motifs is 1. The van der Waals surface area contributed by atoms with Crippen molar-refractivity contribution in [1.29, 1.82) is 0 Å². The average Bonchev–Trinajstić information content (AvgIpc) is 3.33. The highest BCUT2D eigenvalue weighted by Gasteiger charge is 2.67. The number of carbonyl (C=O) groups is 2. The van der Waals surface area contributed by atoms with Gasteiger partial charge in [-0.1, -0.05) is 30.4 Å². The Bertz CT molecular complexity index is 860. The second-order valence-corrected chi connectivity index (χ2v) is 8.45. The Kier molecular flexibility index (Phi) is 4.10. The first kappa shape index (κ1) is 17.9. The number of ether oxygens (including phenoxy) is 2. The van der Waals surface area contributed by atoms with Crippen molar-refractivity contribution >= 4 is 11.8 Å². The van der Waals surface area contributed by atoms with E-state index >= 15 is 0 Å². The number of carbonyl (C=O) groups excluding carboxylic acids is 2. The number of benzene rings is 1.